The summed E-state index contributed by atoms with van der Waals surface area (Å²) in [5.41, 5.74) is 0.794. The molecule has 5 aliphatic rings. The van der Waals surface area contributed by atoms with Gasteiger partial charge >= 0.3 is 0 Å². The number of carbonyl (C=O) groups excluding carboxylic acids is 2. The molecule has 1 N–H and O–H groups in total. The van der Waals surface area contributed by atoms with Crippen molar-refractivity contribution in [1.29, 1.82) is 0 Å². The van der Waals surface area contributed by atoms with Crippen LogP contribution in [-0.2, 0) is 9.59 Å². The van der Waals surface area contributed by atoms with Crippen molar-refractivity contribution < 1.29 is 9.59 Å². The highest BCUT2D eigenvalue weighted by Crippen LogP contribution is 2.64. The number of hydrogen-bond acceptors (Lipinski definition) is 4. The van der Waals surface area contributed by atoms with Crippen molar-refractivity contribution in [2.45, 2.75) is 62.6 Å². The lowest BCUT2D eigenvalue weighted by Crippen LogP contribution is -2.59. The van der Waals surface area contributed by atoms with Crippen LogP contribution in [0.2, 0.25) is 0 Å². The van der Waals surface area contributed by atoms with Crippen molar-refractivity contribution in [2.24, 2.45) is 23.2 Å². The number of anilines is 1. The number of alkyl halides is 1. The molecular weight excluding hydrogens is 438 g/mol. The molecule has 5 fully saturated rings. The Kier molecular flexibility index (Phi) is 4.62. The molecule has 0 aromatic carbocycles. The van der Waals surface area contributed by atoms with Gasteiger partial charge in [-0.2, -0.15) is 0 Å². The Bertz CT molecular complexity index is 787. The van der Waals surface area contributed by atoms with Gasteiger partial charge in [-0.1, -0.05) is 15.9 Å². The standard InChI is InChI=1S/C21H28BrN3O2S/c1-13-11-28-19(23-13)24-17(26)16-2-4-25(5-3-16)18(27)20-7-14-6-15(8-20)10-21(22,9-14)12-20/h11,14-16H,2-10,12H2,1H3,(H,23,24,26). The number of aromatic nitrogens is 1. The smallest absolute Gasteiger partial charge is 0.229 e. The fourth-order valence-electron chi connectivity index (χ4n) is 6.70. The van der Waals surface area contributed by atoms with E-state index in [1.165, 1.54) is 30.6 Å². The molecule has 2 amide bonds. The predicted octanol–water partition coefficient (Wildman–Crippen LogP) is 4.36. The molecule has 7 heteroatoms. The molecule has 5 nitrogen and oxygen atoms in total. The van der Waals surface area contributed by atoms with Crippen LogP contribution in [0, 0.1) is 30.1 Å². The van der Waals surface area contributed by atoms with E-state index in [4.69, 9.17) is 0 Å². The van der Waals surface area contributed by atoms with Crippen LogP contribution in [0.4, 0.5) is 5.13 Å². The Hall–Kier alpha value is -0.950. The predicted molar refractivity (Wildman–Crippen MR) is 114 cm³/mol. The van der Waals surface area contributed by atoms with Crippen molar-refractivity contribution in [3.05, 3.63) is 11.1 Å². The van der Waals surface area contributed by atoms with Crippen LogP contribution in [0.5, 0.6) is 0 Å². The molecule has 1 saturated heterocycles. The van der Waals surface area contributed by atoms with E-state index >= 15 is 0 Å². The summed E-state index contributed by atoms with van der Waals surface area (Å²) in [6.07, 6.45) is 8.50. The maximum Gasteiger partial charge on any atom is 0.229 e. The Morgan fingerprint density at radius 3 is 2.46 bits per heavy atom. The van der Waals surface area contributed by atoms with Gasteiger partial charge in [-0.05, 0) is 70.1 Å². The summed E-state index contributed by atoms with van der Waals surface area (Å²) in [6.45, 7) is 3.35. The molecule has 2 atom stereocenters. The van der Waals surface area contributed by atoms with Gasteiger partial charge in [0.2, 0.25) is 11.8 Å². The van der Waals surface area contributed by atoms with E-state index in [1.54, 1.807) is 0 Å². The molecule has 4 aliphatic carbocycles. The molecule has 4 saturated carbocycles. The fraction of sp³-hybridized carbons (Fsp3) is 0.762. The minimum Gasteiger partial charge on any atom is -0.342 e. The second kappa shape index (κ2) is 6.79. The highest BCUT2D eigenvalue weighted by atomic mass is 79.9. The van der Waals surface area contributed by atoms with Crippen molar-refractivity contribution in [2.75, 3.05) is 18.4 Å². The van der Waals surface area contributed by atoms with Crippen molar-refractivity contribution >= 4 is 44.2 Å². The molecule has 28 heavy (non-hydrogen) atoms. The van der Waals surface area contributed by atoms with Crippen LogP contribution in [-0.4, -0.2) is 39.1 Å². The van der Waals surface area contributed by atoms with E-state index in [0.717, 1.165) is 49.6 Å². The summed E-state index contributed by atoms with van der Waals surface area (Å²) >= 11 is 5.49. The van der Waals surface area contributed by atoms with Crippen LogP contribution in [0.15, 0.2) is 5.38 Å². The molecule has 1 aliphatic heterocycles. The average molecular weight is 466 g/mol. The van der Waals surface area contributed by atoms with Gasteiger partial charge in [0, 0.05) is 28.7 Å². The maximum atomic E-state index is 13.6. The van der Waals surface area contributed by atoms with E-state index in [0.29, 0.717) is 24.1 Å². The number of halogens is 1. The molecule has 1 aromatic heterocycles. The summed E-state index contributed by atoms with van der Waals surface area (Å²) in [4.78, 5) is 32.5. The second-order valence-electron chi connectivity index (χ2n) is 9.74. The van der Waals surface area contributed by atoms with Crippen molar-refractivity contribution in [3.63, 3.8) is 0 Å². The lowest BCUT2D eigenvalue weighted by Gasteiger charge is -2.60. The van der Waals surface area contributed by atoms with Crippen LogP contribution >= 0.6 is 27.3 Å². The van der Waals surface area contributed by atoms with Gasteiger partial charge in [-0.3, -0.25) is 9.59 Å². The first-order valence-corrected chi connectivity index (χ1v) is 12.2. The van der Waals surface area contributed by atoms with Gasteiger partial charge < -0.3 is 10.2 Å². The lowest BCUT2D eigenvalue weighted by molar-refractivity contribution is -0.157. The monoisotopic (exact) mass is 465 g/mol. The van der Waals surface area contributed by atoms with Gasteiger partial charge in [-0.25, -0.2) is 4.98 Å². The third kappa shape index (κ3) is 3.32. The van der Waals surface area contributed by atoms with E-state index in [1.807, 2.05) is 12.3 Å². The molecule has 152 valence electrons. The molecule has 0 radical (unpaired) electrons. The zero-order chi connectivity index (χ0) is 19.5. The first kappa shape index (κ1) is 19.0. The number of aryl methyl sites for hydroxylation is 1. The number of amides is 2. The number of rotatable bonds is 3. The summed E-state index contributed by atoms with van der Waals surface area (Å²) in [5, 5.41) is 5.57. The number of hydrogen-bond donors (Lipinski definition) is 1. The van der Waals surface area contributed by atoms with Crippen LogP contribution in [0.1, 0.15) is 57.1 Å². The number of nitrogens with one attached hydrogen (secondary N) is 1. The summed E-state index contributed by atoms with van der Waals surface area (Å²) in [6, 6.07) is 0. The summed E-state index contributed by atoms with van der Waals surface area (Å²) in [7, 11) is 0. The van der Waals surface area contributed by atoms with Crippen LogP contribution in [0.3, 0.4) is 0 Å². The fourth-order valence-corrected chi connectivity index (χ4v) is 8.84. The van der Waals surface area contributed by atoms with E-state index in [-0.39, 0.29) is 21.6 Å². The number of piperidine rings is 1. The van der Waals surface area contributed by atoms with Gasteiger partial charge in [0.25, 0.3) is 0 Å². The van der Waals surface area contributed by atoms with E-state index < -0.39 is 0 Å². The molecule has 2 heterocycles. The van der Waals surface area contributed by atoms with Crippen molar-refractivity contribution in [3.8, 4) is 0 Å². The lowest BCUT2D eigenvalue weighted by atomic mass is 9.49. The quantitative estimate of drug-likeness (QED) is 0.674. The second-order valence-corrected chi connectivity index (χ2v) is 12.3. The molecule has 1 aromatic rings. The Morgan fingerprint density at radius 2 is 1.89 bits per heavy atom. The first-order valence-electron chi connectivity index (χ1n) is 10.6. The minimum atomic E-state index is -0.138. The topological polar surface area (TPSA) is 62.3 Å². The Labute approximate surface area is 178 Å². The molecule has 2 unspecified atom stereocenters. The van der Waals surface area contributed by atoms with E-state index in [9.17, 15) is 9.59 Å². The van der Waals surface area contributed by atoms with Crippen LogP contribution in [0.25, 0.3) is 0 Å². The molecular formula is C21H28BrN3O2S. The third-order valence-electron chi connectivity index (χ3n) is 7.45. The normalized spacial score (nSPS) is 37.3. The van der Waals surface area contributed by atoms with Gasteiger partial charge in [-0.15, -0.1) is 11.3 Å². The number of thiazole rings is 1. The zero-order valence-corrected chi connectivity index (χ0v) is 18.8. The first-order chi connectivity index (χ1) is 13.3. The van der Waals surface area contributed by atoms with Gasteiger partial charge in [0.05, 0.1) is 11.1 Å². The van der Waals surface area contributed by atoms with Gasteiger partial charge in [0.15, 0.2) is 5.13 Å². The average Bonchev–Trinajstić information content (AvgIpc) is 3.04. The number of carbonyl (C=O) groups is 2. The Balaban J connectivity index is 1.21. The summed E-state index contributed by atoms with van der Waals surface area (Å²) < 4.78 is 0.205. The van der Waals surface area contributed by atoms with Crippen molar-refractivity contribution in [1.82, 2.24) is 9.88 Å². The van der Waals surface area contributed by atoms with Crippen LogP contribution < -0.4 is 5.32 Å². The molecule has 4 bridgehead atoms. The third-order valence-corrected chi connectivity index (χ3v) is 9.25. The highest BCUT2D eigenvalue weighted by Gasteiger charge is 2.60. The van der Waals surface area contributed by atoms with E-state index in [2.05, 4.69) is 31.1 Å². The summed E-state index contributed by atoms with van der Waals surface area (Å²) in [5.74, 6) is 1.84. The SMILES string of the molecule is Cc1csc(NC(=O)C2CCN(C(=O)C34CC5CC(CC(Br)(C5)C3)C4)CC2)n1. The Morgan fingerprint density at radius 1 is 1.21 bits per heavy atom. The largest absolute Gasteiger partial charge is 0.342 e. The molecule has 0 spiro atoms. The number of likely N-dealkylation sites (tertiary alicyclic amines) is 1. The molecule has 6 rings (SSSR count). The zero-order valence-electron chi connectivity index (χ0n) is 16.4. The maximum absolute atomic E-state index is 13.6. The number of nitrogens with zero attached hydrogens (tertiary/aromatic N) is 2. The van der Waals surface area contributed by atoms with Gasteiger partial charge in [0.1, 0.15) is 0 Å². The minimum absolute atomic E-state index is 0.0212. The highest BCUT2D eigenvalue weighted by molar-refractivity contribution is 9.10.